The lowest BCUT2D eigenvalue weighted by molar-refractivity contribution is -0.136. The second kappa shape index (κ2) is 7.44. The minimum absolute atomic E-state index is 0.0913. The number of nitrogens with zero attached hydrogens (tertiary/aromatic N) is 1. The molecule has 128 valence electrons. The summed E-state index contributed by atoms with van der Waals surface area (Å²) in [5.41, 5.74) is 3.25. The number of thiazole rings is 1. The molecule has 0 aliphatic carbocycles. The van der Waals surface area contributed by atoms with Crippen LogP contribution >= 0.6 is 34.5 Å². The minimum atomic E-state index is -0.899. The van der Waals surface area contributed by atoms with Crippen molar-refractivity contribution >= 4 is 51.3 Å². The highest BCUT2D eigenvalue weighted by molar-refractivity contribution is 7.16. The number of aliphatic carboxylic acids is 1. The monoisotopic (exact) mass is 392 g/mol. The standard InChI is InChI=1S/C18H14Cl2N2O2S/c1-10-2-7-13(8-14(10)20)21-18-22-17(15(25-18)9-16(23)24)11-3-5-12(19)6-4-11/h2-8H,9H2,1H3,(H,21,22)(H,23,24). The maximum Gasteiger partial charge on any atom is 0.308 e. The Labute approximate surface area is 159 Å². The van der Waals surface area contributed by atoms with Crippen LogP contribution in [0.25, 0.3) is 11.3 Å². The summed E-state index contributed by atoms with van der Waals surface area (Å²) in [6.45, 7) is 1.93. The number of hydrogen-bond donors (Lipinski definition) is 2. The molecule has 2 N–H and O–H groups in total. The van der Waals surface area contributed by atoms with Gasteiger partial charge in [0.25, 0.3) is 0 Å². The molecular weight excluding hydrogens is 379 g/mol. The van der Waals surface area contributed by atoms with E-state index in [9.17, 15) is 4.79 Å². The maximum atomic E-state index is 11.2. The van der Waals surface area contributed by atoms with Gasteiger partial charge in [0.15, 0.2) is 5.13 Å². The molecule has 0 aliphatic heterocycles. The molecule has 3 rings (SSSR count). The molecule has 7 heteroatoms. The van der Waals surface area contributed by atoms with Crippen LogP contribution in [0.2, 0.25) is 10.0 Å². The number of nitrogens with one attached hydrogen (secondary N) is 1. The van der Waals surface area contributed by atoms with Crippen molar-refractivity contribution in [2.24, 2.45) is 0 Å². The van der Waals surface area contributed by atoms with E-state index in [0.717, 1.165) is 16.8 Å². The Hall–Kier alpha value is -2.08. The normalized spacial score (nSPS) is 10.7. The fourth-order valence-corrected chi connectivity index (χ4v) is 3.59. The predicted octanol–water partition coefficient (Wildman–Crippen LogP) is 5.80. The van der Waals surface area contributed by atoms with Gasteiger partial charge in [0, 0.05) is 26.2 Å². The third kappa shape index (κ3) is 4.31. The molecule has 0 saturated heterocycles. The van der Waals surface area contributed by atoms with Crippen LogP contribution in [0.15, 0.2) is 42.5 Å². The van der Waals surface area contributed by atoms with E-state index in [1.54, 1.807) is 12.1 Å². The van der Waals surface area contributed by atoms with Gasteiger partial charge in [-0.3, -0.25) is 4.79 Å². The molecule has 0 amide bonds. The van der Waals surface area contributed by atoms with E-state index in [1.165, 1.54) is 11.3 Å². The number of carboxylic acid groups (broad SMARTS) is 1. The quantitative estimate of drug-likeness (QED) is 0.576. The van der Waals surface area contributed by atoms with E-state index < -0.39 is 5.97 Å². The van der Waals surface area contributed by atoms with Gasteiger partial charge < -0.3 is 10.4 Å². The Morgan fingerprint density at radius 1 is 1.20 bits per heavy atom. The Morgan fingerprint density at radius 2 is 1.92 bits per heavy atom. The molecule has 0 bridgehead atoms. The number of benzene rings is 2. The third-order valence-corrected chi connectivity index (χ3v) is 5.18. The lowest BCUT2D eigenvalue weighted by Gasteiger charge is -2.04. The van der Waals surface area contributed by atoms with E-state index >= 15 is 0 Å². The van der Waals surface area contributed by atoms with Crippen LogP contribution in [0, 0.1) is 6.92 Å². The van der Waals surface area contributed by atoms with Crippen LogP contribution in [0.3, 0.4) is 0 Å². The highest BCUT2D eigenvalue weighted by Gasteiger charge is 2.16. The van der Waals surface area contributed by atoms with Crippen LogP contribution in [0.5, 0.6) is 0 Å². The molecule has 0 spiro atoms. The van der Waals surface area contributed by atoms with Crippen molar-refractivity contribution < 1.29 is 9.90 Å². The summed E-state index contributed by atoms with van der Waals surface area (Å²) in [7, 11) is 0. The predicted molar refractivity (Wildman–Crippen MR) is 103 cm³/mol. The van der Waals surface area contributed by atoms with Crippen LogP contribution in [0.1, 0.15) is 10.4 Å². The summed E-state index contributed by atoms with van der Waals surface area (Å²) >= 11 is 13.4. The molecule has 0 aliphatic rings. The van der Waals surface area contributed by atoms with E-state index in [4.69, 9.17) is 28.3 Å². The van der Waals surface area contributed by atoms with E-state index in [1.807, 2.05) is 37.3 Å². The van der Waals surface area contributed by atoms with Crippen LogP contribution in [-0.4, -0.2) is 16.1 Å². The first-order chi connectivity index (χ1) is 11.9. The number of carbonyl (C=O) groups is 1. The summed E-state index contributed by atoms with van der Waals surface area (Å²) in [5.74, 6) is -0.899. The van der Waals surface area contributed by atoms with Gasteiger partial charge >= 0.3 is 5.97 Å². The lowest BCUT2D eigenvalue weighted by Crippen LogP contribution is -1.99. The molecule has 2 aromatic carbocycles. The van der Waals surface area contributed by atoms with Crippen molar-refractivity contribution in [1.82, 2.24) is 4.98 Å². The molecule has 0 fully saturated rings. The molecule has 0 atom stereocenters. The molecule has 3 aromatic rings. The number of aromatic nitrogens is 1. The smallest absolute Gasteiger partial charge is 0.308 e. The van der Waals surface area contributed by atoms with Gasteiger partial charge in [-0.05, 0) is 36.8 Å². The second-order valence-corrected chi connectivity index (χ2v) is 7.38. The first-order valence-corrected chi connectivity index (χ1v) is 9.00. The van der Waals surface area contributed by atoms with E-state index in [2.05, 4.69) is 10.3 Å². The van der Waals surface area contributed by atoms with Crippen LogP contribution in [-0.2, 0) is 11.2 Å². The first-order valence-electron chi connectivity index (χ1n) is 7.43. The number of aryl methyl sites for hydroxylation is 1. The van der Waals surface area contributed by atoms with Gasteiger partial charge in [0.1, 0.15) is 0 Å². The maximum absolute atomic E-state index is 11.2. The first kappa shape index (κ1) is 17.7. The van der Waals surface area contributed by atoms with Crippen molar-refractivity contribution in [2.75, 3.05) is 5.32 Å². The summed E-state index contributed by atoms with van der Waals surface area (Å²) in [5, 5.41) is 14.2. The number of rotatable bonds is 5. The molecule has 0 unspecified atom stereocenters. The Morgan fingerprint density at radius 3 is 2.56 bits per heavy atom. The van der Waals surface area contributed by atoms with Crippen molar-refractivity contribution in [2.45, 2.75) is 13.3 Å². The lowest BCUT2D eigenvalue weighted by atomic mass is 10.1. The highest BCUT2D eigenvalue weighted by atomic mass is 35.5. The molecule has 25 heavy (non-hydrogen) atoms. The zero-order valence-corrected chi connectivity index (χ0v) is 15.5. The molecule has 4 nitrogen and oxygen atoms in total. The van der Waals surface area contributed by atoms with E-state index in [0.29, 0.717) is 25.7 Å². The van der Waals surface area contributed by atoms with Crippen molar-refractivity contribution in [1.29, 1.82) is 0 Å². The molecule has 1 aromatic heterocycles. The van der Waals surface area contributed by atoms with Gasteiger partial charge in [-0.2, -0.15) is 0 Å². The number of carboxylic acids is 1. The minimum Gasteiger partial charge on any atom is -0.481 e. The molecular formula is C18H14Cl2N2O2S. The Kier molecular flexibility index (Phi) is 5.27. The van der Waals surface area contributed by atoms with Gasteiger partial charge in [-0.25, -0.2) is 4.98 Å². The average molecular weight is 393 g/mol. The second-order valence-electron chi connectivity index (χ2n) is 5.46. The fraction of sp³-hybridized carbons (Fsp3) is 0.111. The zero-order chi connectivity index (χ0) is 18.0. The summed E-state index contributed by atoms with van der Waals surface area (Å²) < 4.78 is 0. The average Bonchev–Trinajstić information content (AvgIpc) is 2.93. The van der Waals surface area contributed by atoms with Crippen molar-refractivity contribution in [3.63, 3.8) is 0 Å². The van der Waals surface area contributed by atoms with E-state index in [-0.39, 0.29) is 6.42 Å². The topological polar surface area (TPSA) is 62.2 Å². The number of hydrogen-bond acceptors (Lipinski definition) is 4. The van der Waals surface area contributed by atoms with Gasteiger partial charge in [0.2, 0.25) is 0 Å². The SMILES string of the molecule is Cc1ccc(Nc2nc(-c3ccc(Cl)cc3)c(CC(=O)O)s2)cc1Cl. The Bertz CT molecular complexity index is 923. The molecule has 1 heterocycles. The number of halogens is 2. The van der Waals surface area contributed by atoms with Crippen molar-refractivity contribution in [3.8, 4) is 11.3 Å². The summed E-state index contributed by atoms with van der Waals surface area (Å²) in [6.07, 6.45) is -0.0913. The van der Waals surface area contributed by atoms with Crippen molar-refractivity contribution in [3.05, 3.63) is 63.0 Å². The summed E-state index contributed by atoms with van der Waals surface area (Å²) in [4.78, 5) is 16.4. The molecule has 0 radical (unpaired) electrons. The zero-order valence-electron chi connectivity index (χ0n) is 13.2. The van der Waals surface area contributed by atoms with Gasteiger partial charge in [0.05, 0.1) is 12.1 Å². The Balaban J connectivity index is 1.96. The highest BCUT2D eigenvalue weighted by Crippen LogP contribution is 2.34. The number of anilines is 2. The fourth-order valence-electron chi connectivity index (χ4n) is 2.29. The molecule has 0 saturated carbocycles. The van der Waals surface area contributed by atoms with Crippen LogP contribution in [0.4, 0.5) is 10.8 Å². The van der Waals surface area contributed by atoms with Gasteiger partial charge in [-0.15, -0.1) is 11.3 Å². The summed E-state index contributed by atoms with van der Waals surface area (Å²) in [6, 6.07) is 12.8. The third-order valence-electron chi connectivity index (χ3n) is 3.55. The van der Waals surface area contributed by atoms with Gasteiger partial charge in [-0.1, -0.05) is 41.4 Å². The van der Waals surface area contributed by atoms with Crippen LogP contribution < -0.4 is 5.32 Å². The largest absolute Gasteiger partial charge is 0.481 e.